The van der Waals surface area contributed by atoms with Gasteiger partial charge in [-0.25, -0.2) is 0 Å². The topological polar surface area (TPSA) is 52.3 Å². The van der Waals surface area contributed by atoms with Crippen LogP contribution in [0.1, 0.15) is 30.7 Å². The maximum absolute atomic E-state index is 12.2. The number of ether oxygens (including phenoxy) is 1. The van der Waals surface area contributed by atoms with Gasteiger partial charge in [0.25, 0.3) is 0 Å². The molecule has 0 N–H and O–H groups in total. The van der Waals surface area contributed by atoms with Crippen LogP contribution in [0.4, 0.5) is 14.5 Å². The van der Waals surface area contributed by atoms with E-state index in [1.165, 1.54) is 25.0 Å². The number of aliphatic imine (C=N–C) groups is 1. The van der Waals surface area contributed by atoms with E-state index in [4.69, 9.17) is 0 Å². The molecule has 1 aromatic heterocycles. The lowest BCUT2D eigenvalue weighted by atomic mass is 10.2. The van der Waals surface area contributed by atoms with Crippen LogP contribution in [0.15, 0.2) is 53.5 Å². The molecule has 2 heterocycles. The highest BCUT2D eigenvalue weighted by atomic mass is 19.3. The van der Waals surface area contributed by atoms with E-state index in [0.717, 1.165) is 47.8 Å². The maximum Gasteiger partial charge on any atom is 0.387 e. The molecule has 2 aromatic carbocycles. The molecule has 0 bridgehead atoms. The molecule has 0 saturated heterocycles. The van der Waals surface area contributed by atoms with Crippen LogP contribution < -0.4 is 4.74 Å². The monoisotopic (exact) mass is 382 g/mol. The third-order valence-corrected chi connectivity index (χ3v) is 4.70. The van der Waals surface area contributed by atoms with Crippen LogP contribution in [0.5, 0.6) is 5.75 Å². The van der Waals surface area contributed by atoms with E-state index in [-0.39, 0.29) is 5.75 Å². The first-order valence-corrected chi connectivity index (χ1v) is 9.30. The summed E-state index contributed by atoms with van der Waals surface area (Å²) >= 11 is 0. The summed E-state index contributed by atoms with van der Waals surface area (Å²) in [4.78, 5) is 4.44. The van der Waals surface area contributed by atoms with E-state index in [1.54, 1.807) is 18.3 Å². The van der Waals surface area contributed by atoms with Gasteiger partial charge >= 0.3 is 6.61 Å². The van der Waals surface area contributed by atoms with Crippen molar-refractivity contribution >= 4 is 11.9 Å². The lowest BCUT2D eigenvalue weighted by Gasteiger charge is -2.07. The minimum atomic E-state index is -2.82. The minimum absolute atomic E-state index is 0.129. The third kappa shape index (κ3) is 4.24. The fourth-order valence-corrected chi connectivity index (χ4v) is 3.28. The first-order valence-electron chi connectivity index (χ1n) is 9.30. The molecule has 1 aliphatic rings. The van der Waals surface area contributed by atoms with Crippen molar-refractivity contribution in [3.8, 4) is 17.1 Å². The Morgan fingerprint density at radius 3 is 2.50 bits per heavy atom. The van der Waals surface area contributed by atoms with Crippen LogP contribution in [-0.2, 0) is 13.0 Å². The quantitative estimate of drug-likeness (QED) is 0.582. The zero-order valence-electron chi connectivity index (χ0n) is 15.3. The third-order valence-electron chi connectivity index (χ3n) is 4.70. The van der Waals surface area contributed by atoms with Gasteiger partial charge in [0.05, 0.1) is 5.69 Å². The molecule has 0 fully saturated rings. The summed E-state index contributed by atoms with van der Waals surface area (Å²) in [5.74, 6) is 2.10. The van der Waals surface area contributed by atoms with Crippen molar-refractivity contribution in [2.75, 3.05) is 0 Å². The Morgan fingerprint density at radius 1 is 0.964 bits per heavy atom. The number of nitrogens with zero attached hydrogens (tertiary/aromatic N) is 4. The number of aromatic nitrogens is 3. The molecule has 0 atom stereocenters. The highest BCUT2D eigenvalue weighted by Crippen LogP contribution is 2.25. The fraction of sp³-hybridized carbons (Fsp3) is 0.286. The number of aryl methyl sites for hydroxylation is 1. The van der Waals surface area contributed by atoms with Gasteiger partial charge in [-0.1, -0.05) is 6.42 Å². The lowest BCUT2D eigenvalue weighted by Crippen LogP contribution is -2.02. The van der Waals surface area contributed by atoms with Crippen LogP contribution >= 0.6 is 0 Å². The number of rotatable bonds is 5. The Labute approximate surface area is 161 Å². The predicted octanol–water partition coefficient (Wildman–Crippen LogP) is 5.02. The number of benzene rings is 2. The number of hydrogen-bond acceptors (Lipinski definition) is 4. The van der Waals surface area contributed by atoms with Gasteiger partial charge in [-0.3, -0.25) is 4.99 Å². The van der Waals surface area contributed by atoms with E-state index in [9.17, 15) is 8.78 Å². The number of halogens is 2. The van der Waals surface area contributed by atoms with Crippen molar-refractivity contribution in [1.82, 2.24) is 14.8 Å². The molecule has 5 nitrogen and oxygen atoms in total. The molecule has 4 rings (SSSR count). The van der Waals surface area contributed by atoms with Gasteiger partial charge in [-0.05, 0) is 66.9 Å². The number of fused-ring (bicyclic) bond motifs is 1. The van der Waals surface area contributed by atoms with Crippen LogP contribution in [0.25, 0.3) is 11.4 Å². The van der Waals surface area contributed by atoms with Crippen LogP contribution in [0.2, 0.25) is 0 Å². The van der Waals surface area contributed by atoms with Crippen LogP contribution in [0, 0.1) is 0 Å². The fourth-order valence-electron chi connectivity index (χ4n) is 3.28. The summed E-state index contributed by atoms with van der Waals surface area (Å²) in [6.45, 7) is -1.86. The second-order valence-electron chi connectivity index (χ2n) is 6.65. The Kier molecular flexibility index (Phi) is 5.41. The summed E-state index contributed by atoms with van der Waals surface area (Å²) in [6.07, 6.45) is 6.22. The summed E-state index contributed by atoms with van der Waals surface area (Å²) in [7, 11) is 0. The first kappa shape index (κ1) is 18.3. The van der Waals surface area contributed by atoms with Crippen LogP contribution in [0.3, 0.4) is 0 Å². The lowest BCUT2D eigenvalue weighted by molar-refractivity contribution is -0.0498. The first-order chi connectivity index (χ1) is 13.7. The van der Waals surface area contributed by atoms with Gasteiger partial charge in [-0.15, -0.1) is 10.2 Å². The molecule has 0 spiro atoms. The van der Waals surface area contributed by atoms with Gasteiger partial charge in [0.1, 0.15) is 11.6 Å². The summed E-state index contributed by atoms with van der Waals surface area (Å²) in [6, 6.07) is 14.2. The van der Waals surface area contributed by atoms with Crippen molar-refractivity contribution in [3.05, 3.63) is 59.9 Å². The van der Waals surface area contributed by atoms with Gasteiger partial charge in [-0.2, -0.15) is 8.78 Å². The molecule has 1 aliphatic heterocycles. The van der Waals surface area contributed by atoms with Gasteiger partial charge in [0, 0.05) is 24.7 Å². The Balaban J connectivity index is 1.46. The maximum atomic E-state index is 12.2. The van der Waals surface area contributed by atoms with Gasteiger partial charge in [0.15, 0.2) is 5.82 Å². The smallest absolute Gasteiger partial charge is 0.387 e. The zero-order valence-corrected chi connectivity index (χ0v) is 15.3. The van der Waals surface area contributed by atoms with E-state index in [2.05, 4.69) is 24.5 Å². The van der Waals surface area contributed by atoms with Crippen molar-refractivity contribution < 1.29 is 13.5 Å². The van der Waals surface area contributed by atoms with Crippen LogP contribution in [-0.4, -0.2) is 27.6 Å². The highest BCUT2D eigenvalue weighted by molar-refractivity contribution is 5.82. The molecular formula is C21H20F2N4O. The molecule has 0 radical (unpaired) electrons. The summed E-state index contributed by atoms with van der Waals surface area (Å²) in [5, 5.41) is 8.71. The van der Waals surface area contributed by atoms with E-state index in [1.807, 2.05) is 24.3 Å². The largest absolute Gasteiger partial charge is 0.435 e. The standard InChI is InChI=1S/C21H20F2N4O/c22-21(23)28-18-11-5-15(6-12-18)14-24-17-9-7-16(8-10-17)20-26-25-19-4-2-1-3-13-27(19)20/h5-12,14,21H,1-4,13H2. The molecule has 0 saturated carbocycles. The average molecular weight is 382 g/mol. The van der Waals surface area contributed by atoms with E-state index >= 15 is 0 Å². The van der Waals surface area contributed by atoms with Gasteiger partial charge in [0.2, 0.25) is 0 Å². The number of hydrogen-bond donors (Lipinski definition) is 0. The summed E-state index contributed by atoms with van der Waals surface area (Å²) in [5.41, 5.74) is 2.62. The second kappa shape index (κ2) is 8.29. The van der Waals surface area contributed by atoms with E-state index < -0.39 is 6.61 Å². The molecular weight excluding hydrogens is 362 g/mol. The Bertz CT molecular complexity index is 950. The molecule has 144 valence electrons. The SMILES string of the molecule is FC(F)Oc1ccc(C=Nc2ccc(-c3nnc4n3CCCCC4)cc2)cc1. The number of alkyl halides is 2. The molecule has 0 unspecified atom stereocenters. The average Bonchev–Trinajstić information content (AvgIpc) is 2.95. The normalized spacial score (nSPS) is 14.2. The minimum Gasteiger partial charge on any atom is -0.435 e. The zero-order chi connectivity index (χ0) is 19.3. The molecule has 28 heavy (non-hydrogen) atoms. The van der Waals surface area contributed by atoms with Crippen molar-refractivity contribution in [3.63, 3.8) is 0 Å². The summed E-state index contributed by atoms with van der Waals surface area (Å²) < 4.78 is 30.9. The highest BCUT2D eigenvalue weighted by Gasteiger charge is 2.15. The molecule has 0 aliphatic carbocycles. The molecule has 0 amide bonds. The van der Waals surface area contributed by atoms with Crippen molar-refractivity contribution in [2.24, 2.45) is 4.99 Å². The van der Waals surface area contributed by atoms with Gasteiger partial charge < -0.3 is 9.30 Å². The molecule has 3 aromatic rings. The molecule has 7 heteroatoms. The second-order valence-corrected chi connectivity index (χ2v) is 6.65. The van der Waals surface area contributed by atoms with E-state index in [0.29, 0.717) is 0 Å². The Morgan fingerprint density at radius 2 is 1.75 bits per heavy atom. The Hall–Kier alpha value is -3.09. The van der Waals surface area contributed by atoms with Crippen molar-refractivity contribution in [2.45, 2.75) is 38.8 Å². The van der Waals surface area contributed by atoms with Crippen molar-refractivity contribution in [1.29, 1.82) is 0 Å². The predicted molar refractivity (Wildman–Crippen MR) is 103 cm³/mol.